The molecule has 35 heavy (non-hydrogen) atoms. The van der Waals surface area contributed by atoms with E-state index in [1.165, 1.54) is 0 Å². The molecule has 0 fully saturated rings. The maximum absolute atomic E-state index is 12.1. The van der Waals surface area contributed by atoms with Crippen LogP contribution in [0.4, 0.5) is 5.69 Å². The molecule has 0 heterocycles. The Balaban J connectivity index is 1.31. The minimum absolute atomic E-state index is 0.203. The van der Waals surface area contributed by atoms with Crippen molar-refractivity contribution in [3.63, 3.8) is 0 Å². The Hall–Kier alpha value is -4.04. The second-order valence-corrected chi connectivity index (χ2v) is 7.63. The lowest BCUT2D eigenvalue weighted by Crippen LogP contribution is -2.31. The average Bonchev–Trinajstić information content (AvgIpc) is 2.88. The fourth-order valence-corrected chi connectivity index (χ4v) is 3.24. The fourth-order valence-electron chi connectivity index (χ4n) is 3.24. The molecule has 184 valence electrons. The summed E-state index contributed by atoms with van der Waals surface area (Å²) in [6.07, 6.45) is 0.623. The van der Waals surface area contributed by atoms with Crippen LogP contribution in [0.25, 0.3) is 0 Å². The summed E-state index contributed by atoms with van der Waals surface area (Å²) in [5.74, 6) is 1.35. The van der Waals surface area contributed by atoms with E-state index in [9.17, 15) is 9.59 Å². The van der Waals surface area contributed by atoms with Crippen molar-refractivity contribution in [2.24, 2.45) is 0 Å². The van der Waals surface area contributed by atoms with E-state index >= 15 is 0 Å². The standard InChI is InChI=1S/C27H30N2O6/c1-32-24-13-8-20(16-25(24)33-2)14-15-28-26(30)18-34-19-27(31)29-22-9-11-23(12-10-22)35-17-21-6-4-3-5-7-21/h3-13,16H,14-15,17-19H2,1-2H3,(H,28,30)(H,29,31). The van der Waals surface area contributed by atoms with Crippen LogP contribution < -0.4 is 24.8 Å². The Labute approximate surface area is 205 Å². The molecule has 0 spiro atoms. The molecule has 2 N–H and O–H groups in total. The molecule has 0 bridgehead atoms. The van der Waals surface area contributed by atoms with Crippen molar-refractivity contribution in [3.8, 4) is 17.2 Å². The number of benzene rings is 3. The number of carbonyl (C=O) groups is 2. The third-order valence-corrected chi connectivity index (χ3v) is 5.04. The van der Waals surface area contributed by atoms with Crippen LogP contribution in [-0.4, -0.2) is 45.8 Å². The van der Waals surface area contributed by atoms with Gasteiger partial charge in [-0.05, 0) is 53.9 Å². The second-order valence-electron chi connectivity index (χ2n) is 7.63. The zero-order valence-corrected chi connectivity index (χ0v) is 19.9. The first-order valence-corrected chi connectivity index (χ1v) is 11.2. The highest BCUT2D eigenvalue weighted by Gasteiger charge is 2.08. The third kappa shape index (κ3) is 8.68. The summed E-state index contributed by atoms with van der Waals surface area (Å²) in [5.41, 5.74) is 2.69. The summed E-state index contributed by atoms with van der Waals surface area (Å²) in [6, 6.07) is 22.5. The van der Waals surface area contributed by atoms with Crippen molar-refractivity contribution in [3.05, 3.63) is 83.9 Å². The van der Waals surface area contributed by atoms with Gasteiger partial charge >= 0.3 is 0 Å². The molecule has 0 saturated heterocycles. The van der Waals surface area contributed by atoms with Crippen LogP contribution in [0.5, 0.6) is 17.2 Å². The van der Waals surface area contributed by atoms with E-state index in [1.54, 1.807) is 38.5 Å². The Kier molecular flexibility index (Phi) is 9.95. The summed E-state index contributed by atoms with van der Waals surface area (Å²) in [4.78, 5) is 24.1. The Morgan fingerprint density at radius 1 is 0.771 bits per heavy atom. The number of amides is 2. The van der Waals surface area contributed by atoms with Crippen molar-refractivity contribution >= 4 is 17.5 Å². The summed E-state index contributed by atoms with van der Waals surface area (Å²) in [5, 5.41) is 5.50. The molecule has 0 radical (unpaired) electrons. The maximum atomic E-state index is 12.1. The van der Waals surface area contributed by atoms with Crippen molar-refractivity contribution in [2.45, 2.75) is 13.0 Å². The highest BCUT2D eigenvalue weighted by molar-refractivity contribution is 5.91. The van der Waals surface area contributed by atoms with Crippen molar-refractivity contribution in [1.29, 1.82) is 0 Å². The number of nitrogens with one attached hydrogen (secondary N) is 2. The summed E-state index contributed by atoms with van der Waals surface area (Å²) < 4.78 is 21.5. The maximum Gasteiger partial charge on any atom is 0.250 e. The van der Waals surface area contributed by atoms with Gasteiger partial charge in [0, 0.05) is 12.2 Å². The highest BCUT2D eigenvalue weighted by atomic mass is 16.5. The number of methoxy groups -OCH3 is 2. The van der Waals surface area contributed by atoms with Gasteiger partial charge in [0.2, 0.25) is 11.8 Å². The van der Waals surface area contributed by atoms with Gasteiger partial charge in [-0.1, -0.05) is 36.4 Å². The molecule has 0 aliphatic carbocycles. The van der Waals surface area contributed by atoms with Crippen LogP contribution in [-0.2, 0) is 27.4 Å². The van der Waals surface area contributed by atoms with E-state index in [-0.39, 0.29) is 25.0 Å². The van der Waals surface area contributed by atoms with Gasteiger partial charge in [0.15, 0.2) is 11.5 Å². The second kappa shape index (κ2) is 13.6. The molecule has 0 aliphatic heterocycles. The largest absolute Gasteiger partial charge is 0.493 e. The van der Waals surface area contributed by atoms with Crippen LogP contribution in [0.1, 0.15) is 11.1 Å². The molecule has 0 aliphatic rings. The molecule has 0 atom stereocenters. The molecule has 8 heteroatoms. The molecule has 3 aromatic carbocycles. The average molecular weight is 479 g/mol. The first-order chi connectivity index (χ1) is 17.1. The molecule has 8 nitrogen and oxygen atoms in total. The van der Waals surface area contributed by atoms with E-state index < -0.39 is 0 Å². The predicted octanol–water partition coefficient (Wildman–Crippen LogP) is 3.60. The van der Waals surface area contributed by atoms with Crippen molar-refractivity contribution in [1.82, 2.24) is 5.32 Å². The normalized spacial score (nSPS) is 10.3. The molecule has 0 aromatic heterocycles. The van der Waals surface area contributed by atoms with Gasteiger partial charge in [-0.25, -0.2) is 0 Å². The molecule has 3 aromatic rings. The van der Waals surface area contributed by atoms with E-state index in [1.807, 2.05) is 48.5 Å². The van der Waals surface area contributed by atoms with E-state index in [2.05, 4.69) is 10.6 Å². The van der Waals surface area contributed by atoms with Crippen LogP contribution in [0.3, 0.4) is 0 Å². The van der Waals surface area contributed by atoms with Crippen LogP contribution >= 0.6 is 0 Å². The van der Waals surface area contributed by atoms with Gasteiger partial charge < -0.3 is 29.6 Å². The smallest absolute Gasteiger partial charge is 0.250 e. The number of anilines is 1. The lowest BCUT2D eigenvalue weighted by Gasteiger charge is -2.10. The molecule has 2 amide bonds. The Bertz CT molecular complexity index is 1090. The minimum Gasteiger partial charge on any atom is -0.493 e. The van der Waals surface area contributed by atoms with Gasteiger partial charge in [0.1, 0.15) is 25.6 Å². The summed E-state index contributed by atoms with van der Waals surface area (Å²) in [6.45, 7) is 0.472. The van der Waals surface area contributed by atoms with Crippen molar-refractivity contribution in [2.75, 3.05) is 39.3 Å². The van der Waals surface area contributed by atoms with Crippen LogP contribution in [0.15, 0.2) is 72.8 Å². The zero-order valence-electron chi connectivity index (χ0n) is 19.9. The Morgan fingerprint density at radius 3 is 2.20 bits per heavy atom. The first kappa shape index (κ1) is 25.6. The monoisotopic (exact) mass is 478 g/mol. The number of hydrogen-bond donors (Lipinski definition) is 2. The fraction of sp³-hybridized carbons (Fsp3) is 0.259. The van der Waals surface area contributed by atoms with Crippen LogP contribution in [0.2, 0.25) is 0 Å². The van der Waals surface area contributed by atoms with E-state index in [0.29, 0.717) is 42.5 Å². The van der Waals surface area contributed by atoms with Gasteiger partial charge in [0.05, 0.1) is 14.2 Å². The quantitative estimate of drug-likeness (QED) is 0.390. The number of carbonyl (C=O) groups excluding carboxylic acids is 2. The van der Waals surface area contributed by atoms with Crippen molar-refractivity contribution < 1.29 is 28.5 Å². The Morgan fingerprint density at radius 2 is 1.49 bits per heavy atom. The lowest BCUT2D eigenvalue weighted by molar-refractivity contribution is -0.128. The number of ether oxygens (including phenoxy) is 4. The van der Waals surface area contributed by atoms with Gasteiger partial charge in [-0.15, -0.1) is 0 Å². The third-order valence-electron chi connectivity index (χ3n) is 5.04. The number of hydrogen-bond acceptors (Lipinski definition) is 6. The lowest BCUT2D eigenvalue weighted by atomic mass is 10.1. The first-order valence-electron chi connectivity index (χ1n) is 11.2. The molecule has 0 saturated carbocycles. The molecular weight excluding hydrogens is 448 g/mol. The van der Waals surface area contributed by atoms with Gasteiger partial charge in [0.25, 0.3) is 0 Å². The van der Waals surface area contributed by atoms with E-state index in [4.69, 9.17) is 18.9 Å². The topological polar surface area (TPSA) is 95.1 Å². The van der Waals surface area contributed by atoms with Crippen LogP contribution in [0, 0.1) is 0 Å². The van der Waals surface area contributed by atoms with E-state index in [0.717, 1.165) is 11.1 Å². The van der Waals surface area contributed by atoms with Gasteiger partial charge in [-0.2, -0.15) is 0 Å². The SMILES string of the molecule is COc1ccc(CCNC(=O)COCC(=O)Nc2ccc(OCc3ccccc3)cc2)cc1OC. The van der Waals surface area contributed by atoms with Gasteiger partial charge in [-0.3, -0.25) is 9.59 Å². The minimum atomic E-state index is -0.346. The zero-order chi connectivity index (χ0) is 24.9. The number of rotatable bonds is 13. The predicted molar refractivity (Wildman–Crippen MR) is 133 cm³/mol. The molecule has 0 unspecified atom stereocenters. The highest BCUT2D eigenvalue weighted by Crippen LogP contribution is 2.27. The summed E-state index contributed by atoms with van der Waals surface area (Å²) in [7, 11) is 3.16. The molecular formula is C27H30N2O6. The summed E-state index contributed by atoms with van der Waals surface area (Å²) >= 11 is 0. The molecule has 3 rings (SSSR count).